The maximum Gasteiger partial charge on any atom is 0.231 e. The molecule has 7 heteroatoms. The Hall–Kier alpha value is -2.25. The van der Waals surface area contributed by atoms with Gasteiger partial charge in [-0.3, -0.25) is 4.68 Å². The van der Waals surface area contributed by atoms with Gasteiger partial charge in [-0.1, -0.05) is 0 Å². The van der Waals surface area contributed by atoms with Crippen LogP contribution >= 0.6 is 0 Å². The molecule has 0 saturated heterocycles. The van der Waals surface area contributed by atoms with Crippen LogP contribution in [-0.4, -0.2) is 47.0 Å². The number of ether oxygens (including phenoxy) is 3. The number of hydrogen-bond acceptors (Lipinski definition) is 6. The van der Waals surface area contributed by atoms with E-state index in [1.54, 1.807) is 18.2 Å². The zero-order chi connectivity index (χ0) is 16.9. The first-order valence-corrected chi connectivity index (χ1v) is 8.03. The van der Waals surface area contributed by atoms with Crippen LogP contribution in [-0.2, 0) is 6.54 Å². The molecule has 3 rings (SSSR count). The molecule has 1 aliphatic rings. The normalized spacial score (nSPS) is 15.3. The lowest BCUT2D eigenvalue weighted by molar-refractivity contribution is 0.103. The Bertz CT molecular complexity index is 674. The van der Waals surface area contributed by atoms with E-state index >= 15 is 0 Å². The highest BCUT2D eigenvalue weighted by molar-refractivity contribution is 5.46. The van der Waals surface area contributed by atoms with Gasteiger partial charge in [-0.05, 0) is 31.5 Å². The third-order valence-electron chi connectivity index (χ3n) is 3.71. The first kappa shape index (κ1) is 16.6. The fraction of sp³-hybridized carbons (Fsp3) is 0.471. The lowest BCUT2D eigenvalue weighted by atomic mass is 10.3. The van der Waals surface area contributed by atoms with Crippen LogP contribution in [0, 0.1) is 6.92 Å². The van der Waals surface area contributed by atoms with Crippen LogP contribution in [0.15, 0.2) is 30.6 Å². The molecule has 130 valence electrons. The molecular formula is C17H23N3O4. The number of fused-ring (bicyclic) bond motifs is 1. The van der Waals surface area contributed by atoms with E-state index in [1.165, 1.54) is 0 Å². The van der Waals surface area contributed by atoms with E-state index in [0.29, 0.717) is 23.8 Å². The first-order valence-electron chi connectivity index (χ1n) is 8.03. The first-order chi connectivity index (χ1) is 11.6. The summed E-state index contributed by atoms with van der Waals surface area (Å²) in [5.74, 6) is 2.04. The van der Waals surface area contributed by atoms with Crippen LogP contribution in [0.3, 0.4) is 0 Å². The van der Waals surface area contributed by atoms with E-state index in [0.717, 1.165) is 12.1 Å². The van der Waals surface area contributed by atoms with Gasteiger partial charge >= 0.3 is 0 Å². The number of aromatic nitrogens is 2. The molecule has 0 unspecified atom stereocenters. The third-order valence-corrected chi connectivity index (χ3v) is 3.71. The summed E-state index contributed by atoms with van der Waals surface area (Å²) in [6.07, 6.45) is 3.23. The average molecular weight is 333 g/mol. The van der Waals surface area contributed by atoms with E-state index in [4.69, 9.17) is 14.2 Å². The molecule has 0 bridgehead atoms. The minimum absolute atomic E-state index is 0.199. The van der Waals surface area contributed by atoms with E-state index in [1.807, 2.05) is 24.0 Å². The highest BCUT2D eigenvalue weighted by atomic mass is 16.7. The SMILES string of the molecule is Cc1cnn(C[C@@H](C)NC[C@H](O)COc2ccc3c(c2)OCO3)c1. The summed E-state index contributed by atoms with van der Waals surface area (Å²) in [4.78, 5) is 0. The van der Waals surface area contributed by atoms with Crippen LogP contribution < -0.4 is 19.5 Å². The number of nitrogens with zero attached hydrogens (tertiary/aromatic N) is 2. The quantitative estimate of drug-likeness (QED) is 0.759. The molecule has 0 amide bonds. The fourth-order valence-corrected chi connectivity index (χ4v) is 2.47. The maximum atomic E-state index is 10.1. The summed E-state index contributed by atoms with van der Waals surface area (Å²) >= 11 is 0. The number of aliphatic hydroxyl groups excluding tert-OH is 1. The maximum absolute atomic E-state index is 10.1. The molecule has 0 fully saturated rings. The zero-order valence-electron chi connectivity index (χ0n) is 13.9. The van der Waals surface area contributed by atoms with Crippen molar-refractivity contribution in [3.63, 3.8) is 0 Å². The predicted octanol–water partition coefficient (Wildman–Crippen LogP) is 1.34. The van der Waals surface area contributed by atoms with Gasteiger partial charge in [0, 0.05) is 24.8 Å². The predicted molar refractivity (Wildman–Crippen MR) is 88.5 cm³/mol. The Morgan fingerprint density at radius 2 is 2.21 bits per heavy atom. The Kier molecular flexibility index (Phi) is 5.22. The second-order valence-electron chi connectivity index (χ2n) is 6.03. The molecule has 1 aromatic carbocycles. The van der Waals surface area contributed by atoms with Crippen molar-refractivity contribution in [1.82, 2.24) is 15.1 Å². The highest BCUT2D eigenvalue weighted by Crippen LogP contribution is 2.35. The van der Waals surface area contributed by atoms with Gasteiger partial charge in [0.1, 0.15) is 18.5 Å². The second-order valence-corrected chi connectivity index (χ2v) is 6.03. The molecule has 24 heavy (non-hydrogen) atoms. The summed E-state index contributed by atoms with van der Waals surface area (Å²) < 4.78 is 18.0. The van der Waals surface area contributed by atoms with Crippen molar-refractivity contribution in [2.24, 2.45) is 0 Å². The number of nitrogens with one attached hydrogen (secondary N) is 1. The van der Waals surface area contributed by atoms with Gasteiger partial charge in [0.25, 0.3) is 0 Å². The molecule has 2 atom stereocenters. The van der Waals surface area contributed by atoms with Crippen molar-refractivity contribution in [3.8, 4) is 17.2 Å². The van der Waals surface area contributed by atoms with Gasteiger partial charge < -0.3 is 24.6 Å². The number of rotatable bonds is 8. The van der Waals surface area contributed by atoms with Crippen molar-refractivity contribution < 1.29 is 19.3 Å². The van der Waals surface area contributed by atoms with Crippen molar-refractivity contribution in [2.75, 3.05) is 19.9 Å². The minimum atomic E-state index is -0.600. The molecular weight excluding hydrogens is 310 g/mol. The van der Waals surface area contributed by atoms with Crippen molar-refractivity contribution in [2.45, 2.75) is 32.5 Å². The molecule has 1 aromatic heterocycles. The molecule has 7 nitrogen and oxygen atoms in total. The van der Waals surface area contributed by atoms with Gasteiger partial charge in [-0.25, -0.2) is 0 Å². The van der Waals surface area contributed by atoms with Crippen LogP contribution in [0.1, 0.15) is 12.5 Å². The van der Waals surface area contributed by atoms with Crippen LogP contribution in [0.5, 0.6) is 17.2 Å². The topological polar surface area (TPSA) is 77.8 Å². The van der Waals surface area contributed by atoms with E-state index < -0.39 is 6.10 Å². The fourth-order valence-electron chi connectivity index (χ4n) is 2.47. The minimum Gasteiger partial charge on any atom is -0.491 e. The molecule has 2 aromatic rings. The molecule has 0 aliphatic carbocycles. The summed E-state index contributed by atoms with van der Waals surface area (Å²) in [7, 11) is 0. The molecule has 0 saturated carbocycles. The standard InChI is InChI=1S/C17H23N3O4/c1-12-6-19-20(8-12)9-13(2)18-7-14(21)10-22-15-3-4-16-17(5-15)24-11-23-16/h3-6,8,13-14,18,21H,7,9-11H2,1-2H3/t13-,14+/m1/s1. The number of hydrogen-bond donors (Lipinski definition) is 2. The molecule has 2 heterocycles. The van der Waals surface area contributed by atoms with Gasteiger partial charge in [0.05, 0.1) is 12.7 Å². The molecule has 2 N–H and O–H groups in total. The molecule has 0 radical (unpaired) electrons. The van der Waals surface area contributed by atoms with Gasteiger partial charge in [0.2, 0.25) is 6.79 Å². The lowest BCUT2D eigenvalue weighted by Gasteiger charge is -2.17. The van der Waals surface area contributed by atoms with Gasteiger partial charge in [-0.2, -0.15) is 5.10 Å². The second kappa shape index (κ2) is 7.55. The van der Waals surface area contributed by atoms with E-state index in [-0.39, 0.29) is 19.4 Å². The van der Waals surface area contributed by atoms with Crippen molar-refractivity contribution in [3.05, 3.63) is 36.2 Å². The van der Waals surface area contributed by atoms with Gasteiger partial charge in [0.15, 0.2) is 11.5 Å². The molecule has 1 aliphatic heterocycles. The Morgan fingerprint density at radius 3 is 3.00 bits per heavy atom. The van der Waals surface area contributed by atoms with E-state index in [9.17, 15) is 5.11 Å². The Balaban J connectivity index is 1.38. The van der Waals surface area contributed by atoms with Crippen LogP contribution in [0.4, 0.5) is 0 Å². The van der Waals surface area contributed by atoms with Crippen LogP contribution in [0.25, 0.3) is 0 Å². The lowest BCUT2D eigenvalue weighted by Crippen LogP contribution is -2.38. The largest absolute Gasteiger partial charge is 0.491 e. The van der Waals surface area contributed by atoms with Crippen molar-refractivity contribution in [1.29, 1.82) is 0 Å². The summed E-state index contributed by atoms with van der Waals surface area (Å²) in [5.41, 5.74) is 1.14. The summed E-state index contributed by atoms with van der Waals surface area (Å²) in [5, 5.41) is 17.6. The zero-order valence-corrected chi connectivity index (χ0v) is 13.9. The third kappa shape index (κ3) is 4.39. The highest BCUT2D eigenvalue weighted by Gasteiger charge is 2.14. The monoisotopic (exact) mass is 333 g/mol. The Labute approximate surface area is 141 Å². The van der Waals surface area contributed by atoms with Gasteiger partial charge in [-0.15, -0.1) is 0 Å². The summed E-state index contributed by atoms with van der Waals surface area (Å²) in [6, 6.07) is 5.57. The number of aliphatic hydroxyl groups is 1. The van der Waals surface area contributed by atoms with E-state index in [2.05, 4.69) is 17.3 Å². The molecule has 0 spiro atoms. The smallest absolute Gasteiger partial charge is 0.231 e. The van der Waals surface area contributed by atoms with Crippen LogP contribution in [0.2, 0.25) is 0 Å². The number of aryl methyl sites for hydroxylation is 1. The van der Waals surface area contributed by atoms with Crippen molar-refractivity contribution >= 4 is 0 Å². The summed E-state index contributed by atoms with van der Waals surface area (Å²) in [6.45, 7) is 5.72. The Morgan fingerprint density at radius 1 is 1.38 bits per heavy atom. The number of benzene rings is 1. The average Bonchev–Trinajstić information content (AvgIpc) is 3.19.